The number of nitrogens with one attached hydrogen (secondary N) is 3. The average Bonchev–Trinajstić information content (AvgIpc) is 3.10. The Hall–Kier alpha value is -1.86. The van der Waals surface area contributed by atoms with E-state index >= 15 is 0 Å². The molecule has 0 bridgehead atoms. The fraction of sp³-hybridized carbons (Fsp3) is 0.333. The predicted octanol–water partition coefficient (Wildman–Crippen LogP) is 3.56. The number of anilines is 1. The van der Waals surface area contributed by atoms with Crippen LogP contribution in [0.4, 0.5) is 5.69 Å². The molecule has 5 nitrogen and oxygen atoms in total. The summed E-state index contributed by atoms with van der Waals surface area (Å²) in [4.78, 5) is 17.6. The third kappa shape index (κ3) is 6.88. The second-order valence-electron chi connectivity index (χ2n) is 5.51. The zero-order chi connectivity index (χ0) is 18.1. The van der Waals surface area contributed by atoms with Gasteiger partial charge in [0.1, 0.15) is 0 Å². The first-order chi connectivity index (χ1) is 12.1. The molecular formula is C18H23BrN4OS. The number of rotatable bonds is 7. The van der Waals surface area contributed by atoms with Crippen molar-refractivity contribution >= 4 is 44.8 Å². The van der Waals surface area contributed by atoms with Crippen molar-refractivity contribution in [3.63, 3.8) is 0 Å². The summed E-state index contributed by atoms with van der Waals surface area (Å²) in [5.74, 6) is 0.686. The molecule has 2 aromatic rings. The van der Waals surface area contributed by atoms with Crippen molar-refractivity contribution in [2.75, 3.05) is 25.5 Å². The molecule has 0 atom stereocenters. The van der Waals surface area contributed by atoms with E-state index < -0.39 is 0 Å². The molecule has 0 aliphatic carbocycles. The van der Waals surface area contributed by atoms with Gasteiger partial charge in [0.2, 0.25) is 5.91 Å². The highest BCUT2D eigenvalue weighted by molar-refractivity contribution is 9.10. The van der Waals surface area contributed by atoms with Crippen LogP contribution in [0.3, 0.4) is 0 Å². The fourth-order valence-electron chi connectivity index (χ4n) is 2.22. The van der Waals surface area contributed by atoms with Crippen molar-refractivity contribution < 1.29 is 4.79 Å². The van der Waals surface area contributed by atoms with Crippen LogP contribution in [-0.2, 0) is 11.2 Å². The first-order valence-electron chi connectivity index (χ1n) is 8.11. The summed E-state index contributed by atoms with van der Waals surface area (Å²) in [7, 11) is 1.73. The van der Waals surface area contributed by atoms with Crippen LogP contribution in [0.1, 0.15) is 16.9 Å². The zero-order valence-corrected chi connectivity index (χ0v) is 16.8. The number of carbonyl (C=O) groups is 1. The van der Waals surface area contributed by atoms with Gasteiger partial charge in [-0.3, -0.25) is 9.79 Å². The van der Waals surface area contributed by atoms with Crippen LogP contribution in [0.5, 0.6) is 0 Å². The largest absolute Gasteiger partial charge is 0.356 e. The van der Waals surface area contributed by atoms with Gasteiger partial charge in [-0.2, -0.15) is 0 Å². The summed E-state index contributed by atoms with van der Waals surface area (Å²) in [6.45, 7) is 3.31. The number of hydrogen-bond donors (Lipinski definition) is 3. The number of hydrogen-bond acceptors (Lipinski definition) is 3. The molecule has 1 aromatic heterocycles. The topological polar surface area (TPSA) is 65.5 Å². The number of halogens is 1. The van der Waals surface area contributed by atoms with Gasteiger partial charge in [-0.15, -0.1) is 11.3 Å². The van der Waals surface area contributed by atoms with Crippen molar-refractivity contribution in [1.82, 2.24) is 10.6 Å². The van der Waals surface area contributed by atoms with Crippen LogP contribution in [0.15, 0.2) is 45.2 Å². The molecule has 1 amide bonds. The summed E-state index contributed by atoms with van der Waals surface area (Å²) in [5, 5.41) is 11.4. The third-order valence-electron chi connectivity index (χ3n) is 3.59. The molecule has 0 spiro atoms. The van der Waals surface area contributed by atoms with Gasteiger partial charge in [0.25, 0.3) is 0 Å². The maximum absolute atomic E-state index is 12.1. The van der Waals surface area contributed by atoms with E-state index in [4.69, 9.17) is 0 Å². The highest BCUT2D eigenvalue weighted by Crippen LogP contribution is 2.20. The minimum absolute atomic E-state index is 0.0252. The summed E-state index contributed by atoms with van der Waals surface area (Å²) in [6.07, 6.45) is 1.33. The molecule has 2 rings (SSSR count). The van der Waals surface area contributed by atoms with E-state index in [0.29, 0.717) is 18.9 Å². The highest BCUT2D eigenvalue weighted by atomic mass is 79.9. The average molecular weight is 423 g/mol. The Morgan fingerprint density at radius 1 is 1.24 bits per heavy atom. The molecule has 7 heteroatoms. The van der Waals surface area contributed by atoms with Gasteiger partial charge in [-0.1, -0.05) is 28.1 Å². The van der Waals surface area contributed by atoms with Crippen LogP contribution in [0.25, 0.3) is 0 Å². The quantitative estimate of drug-likeness (QED) is 0.472. The number of aryl methyl sites for hydroxylation is 1. The lowest BCUT2D eigenvalue weighted by atomic mass is 10.2. The number of aliphatic imine (C=N–C) groups is 1. The molecule has 25 heavy (non-hydrogen) atoms. The first-order valence-corrected chi connectivity index (χ1v) is 9.78. The Kier molecular flexibility index (Phi) is 7.94. The van der Waals surface area contributed by atoms with Gasteiger partial charge < -0.3 is 16.0 Å². The van der Waals surface area contributed by atoms with E-state index in [9.17, 15) is 4.79 Å². The number of guanidine groups is 1. The van der Waals surface area contributed by atoms with E-state index in [1.165, 1.54) is 4.88 Å². The van der Waals surface area contributed by atoms with E-state index in [1.54, 1.807) is 18.4 Å². The van der Waals surface area contributed by atoms with Crippen molar-refractivity contribution in [2.45, 2.75) is 19.8 Å². The van der Waals surface area contributed by atoms with Crippen molar-refractivity contribution in [3.8, 4) is 0 Å². The molecule has 0 radical (unpaired) electrons. The SMILES string of the molecule is CN=C(NCCC(=O)Nc1cc(Br)ccc1C)NCCc1cccs1. The Morgan fingerprint density at radius 2 is 2.04 bits per heavy atom. The number of nitrogens with zero attached hydrogens (tertiary/aromatic N) is 1. The predicted molar refractivity (Wildman–Crippen MR) is 110 cm³/mol. The van der Waals surface area contributed by atoms with E-state index in [0.717, 1.165) is 28.7 Å². The summed E-state index contributed by atoms with van der Waals surface area (Å²) in [5.41, 5.74) is 1.87. The van der Waals surface area contributed by atoms with Gasteiger partial charge in [-0.05, 0) is 42.5 Å². The van der Waals surface area contributed by atoms with Gasteiger partial charge >= 0.3 is 0 Å². The number of carbonyl (C=O) groups excluding carboxylic acids is 1. The molecule has 0 saturated carbocycles. The Bertz CT molecular complexity index is 716. The molecule has 0 aliphatic rings. The van der Waals surface area contributed by atoms with Crippen LogP contribution in [0, 0.1) is 6.92 Å². The molecular weight excluding hydrogens is 400 g/mol. The third-order valence-corrected chi connectivity index (χ3v) is 5.02. The van der Waals surface area contributed by atoms with E-state index in [1.807, 2.05) is 25.1 Å². The maximum atomic E-state index is 12.1. The van der Waals surface area contributed by atoms with Gasteiger partial charge in [-0.25, -0.2) is 0 Å². The number of benzene rings is 1. The zero-order valence-electron chi connectivity index (χ0n) is 14.4. The van der Waals surface area contributed by atoms with Crippen LogP contribution in [0.2, 0.25) is 0 Å². The highest BCUT2D eigenvalue weighted by Gasteiger charge is 2.06. The lowest BCUT2D eigenvalue weighted by Gasteiger charge is -2.12. The van der Waals surface area contributed by atoms with Crippen molar-refractivity contribution in [1.29, 1.82) is 0 Å². The van der Waals surface area contributed by atoms with Gasteiger partial charge in [0.15, 0.2) is 5.96 Å². The Morgan fingerprint density at radius 3 is 2.76 bits per heavy atom. The van der Waals surface area contributed by atoms with Crippen LogP contribution in [-0.4, -0.2) is 32.0 Å². The Labute approximate surface area is 161 Å². The van der Waals surface area contributed by atoms with Crippen molar-refractivity contribution in [3.05, 3.63) is 50.6 Å². The van der Waals surface area contributed by atoms with Gasteiger partial charge in [0, 0.05) is 41.6 Å². The standard InChI is InChI=1S/C18H23BrN4OS/c1-13-5-6-14(19)12-16(13)23-17(24)8-10-22-18(20-2)21-9-7-15-4-3-11-25-15/h3-6,11-12H,7-10H2,1-2H3,(H,23,24)(H2,20,21,22). The monoisotopic (exact) mass is 422 g/mol. The van der Waals surface area contributed by atoms with E-state index in [-0.39, 0.29) is 5.91 Å². The molecule has 0 fully saturated rings. The summed E-state index contributed by atoms with van der Waals surface area (Å²) in [6, 6.07) is 10.0. The molecule has 1 aromatic carbocycles. The number of amides is 1. The Balaban J connectivity index is 1.69. The molecule has 0 aliphatic heterocycles. The first kappa shape index (κ1) is 19.5. The molecule has 134 valence electrons. The minimum atomic E-state index is -0.0252. The smallest absolute Gasteiger partial charge is 0.226 e. The van der Waals surface area contributed by atoms with Gasteiger partial charge in [0.05, 0.1) is 0 Å². The summed E-state index contributed by atoms with van der Waals surface area (Å²) < 4.78 is 0.946. The molecule has 0 saturated heterocycles. The number of thiophene rings is 1. The molecule has 0 unspecified atom stereocenters. The molecule has 3 N–H and O–H groups in total. The summed E-state index contributed by atoms with van der Waals surface area (Å²) >= 11 is 5.17. The minimum Gasteiger partial charge on any atom is -0.356 e. The molecule has 1 heterocycles. The second-order valence-corrected chi connectivity index (χ2v) is 7.46. The second kappa shape index (κ2) is 10.2. The lowest BCUT2D eigenvalue weighted by Crippen LogP contribution is -2.39. The lowest BCUT2D eigenvalue weighted by molar-refractivity contribution is -0.116. The van der Waals surface area contributed by atoms with E-state index in [2.05, 4.69) is 54.4 Å². The van der Waals surface area contributed by atoms with Crippen molar-refractivity contribution in [2.24, 2.45) is 4.99 Å². The van der Waals surface area contributed by atoms with Crippen LogP contribution < -0.4 is 16.0 Å². The normalized spacial score (nSPS) is 11.2. The maximum Gasteiger partial charge on any atom is 0.226 e. The van der Waals surface area contributed by atoms with Crippen LogP contribution >= 0.6 is 27.3 Å². The fourth-order valence-corrected chi connectivity index (χ4v) is 3.29.